The maximum absolute atomic E-state index is 13.4. The number of halogens is 2. The highest BCUT2D eigenvalue weighted by atomic mass is 35.5. The van der Waals surface area contributed by atoms with E-state index in [4.69, 9.17) is 22.1 Å². The molecule has 1 saturated heterocycles. The molecule has 0 radical (unpaired) electrons. The number of nitrogens with one attached hydrogen (secondary N) is 1. The van der Waals surface area contributed by atoms with E-state index in [-0.39, 0.29) is 5.02 Å². The highest BCUT2D eigenvalue weighted by Gasteiger charge is 2.45. The SMILES string of the molecule is CN1CCC2(CC1)CC(COc1cc3ncnc(Nc4ccc(F)c(Cl)c4)c3cc1N)C2. The molecule has 2 fully saturated rings. The van der Waals surface area contributed by atoms with Crippen LogP contribution in [0.25, 0.3) is 10.9 Å². The second-order valence-corrected chi connectivity index (χ2v) is 9.68. The zero-order chi connectivity index (χ0) is 22.3. The molecule has 2 aromatic carbocycles. The Labute approximate surface area is 191 Å². The predicted molar refractivity (Wildman–Crippen MR) is 126 cm³/mol. The van der Waals surface area contributed by atoms with E-state index < -0.39 is 5.82 Å². The number of hydrogen-bond donors (Lipinski definition) is 2. The number of likely N-dealkylation sites (tertiary alicyclic amines) is 1. The lowest BCUT2D eigenvalue weighted by molar-refractivity contribution is -0.0244. The van der Waals surface area contributed by atoms with Crippen LogP contribution in [0.15, 0.2) is 36.7 Å². The molecule has 0 amide bonds. The number of hydrogen-bond acceptors (Lipinski definition) is 6. The third-order valence-corrected chi connectivity index (χ3v) is 7.20. The minimum absolute atomic E-state index is 0.0431. The van der Waals surface area contributed by atoms with E-state index in [1.54, 1.807) is 6.07 Å². The van der Waals surface area contributed by atoms with Crippen molar-refractivity contribution in [3.8, 4) is 5.75 Å². The summed E-state index contributed by atoms with van der Waals surface area (Å²) in [6.45, 7) is 3.08. The molecule has 3 aromatic rings. The van der Waals surface area contributed by atoms with Crippen molar-refractivity contribution in [1.82, 2.24) is 14.9 Å². The molecular formula is C24H27ClFN5O. The topological polar surface area (TPSA) is 76.3 Å². The van der Waals surface area contributed by atoms with Crippen LogP contribution in [-0.4, -0.2) is 41.6 Å². The van der Waals surface area contributed by atoms with Gasteiger partial charge in [0.25, 0.3) is 0 Å². The molecule has 8 heteroatoms. The highest BCUT2D eigenvalue weighted by Crippen LogP contribution is 2.52. The second kappa shape index (κ2) is 8.37. The minimum atomic E-state index is -0.469. The van der Waals surface area contributed by atoms with Crippen LogP contribution < -0.4 is 15.8 Å². The summed E-state index contributed by atoms with van der Waals surface area (Å²) in [4.78, 5) is 11.1. The molecule has 2 heterocycles. The molecule has 1 aliphatic heterocycles. The van der Waals surface area contributed by atoms with Crippen molar-refractivity contribution in [3.63, 3.8) is 0 Å². The highest BCUT2D eigenvalue weighted by molar-refractivity contribution is 6.31. The average molecular weight is 456 g/mol. The standard InChI is InChI=1S/C24H27ClFN5O/c1-31-6-4-24(5-7-31)11-15(12-24)13-32-22-10-21-17(9-20(22)27)23(29-14-28-21)30-16-2-3-19(26)18(25)8-16/h2-3,8-10,14-15H,4-7,11-13,27H2,1H3,(H,28,29,30). The van der Waals surface area contributed by atoms with E-state index in [2.05, 4.69) is 27.2 Å². The molecular weight excluding hydrogens is 429 g/mol. The van der Waals surface area contributed by atoms with Gasteiger partial charge in [0.1, 0.15) is 23.7 Å². The van der Waals surface area contributed by atoms with Crippen LogP contribution in [0, 0.1) is 17.2 Å². The van der Waals surface area contributed by atoms with Crippen molar-refractivity contribution in [3.05, 3.63) is 47.5 Å². The fourth-order valence-electron chi connectivity index (χ4n) is 5.03. The van der Waals surface area contributed by atoms with Crippen molar-refractivity contribution >= 4 is 39.7 Å². The van der Waals surface area contributed by atoms with Crippen molar-refractivity contribution in [2.75, 3.05) is 37.8 Å². The minimum Gasteiger partial charge on any atom is -0.491 e. The first-order valence-corrected chi connectivity index (χ1v) is 11.4. The Kier molecular flexibility index (Phi) is 5.55. The predicted octanol–water partition coefficient (Wildman–Crippen LogP) is 5.25. The summed E-state index contributed by atoms with van der Waals surface area (Å²) in [6, 6.07) is 8.11. The van der Waals surface area contributed by atoms with E-state index in [9.17, 15) is 4.39 Å². The molecule has 1 aliphatic carbocycles. The molecule has 0 unspecified atom stereocenters. The summed E-state index contributed by atoms with van der Waals surface area (Å²) in [5.41, 5.74) is 8.73. The number of anilines is 3. The summed E-state index contributed by atoms with van der Waals surface area (Å²) in [5.74, 6) is 1.33. The molecule has 1 spiro atoms. The number of benzene rings is 2. The normalized spacial score (nSPS) is 18.6. The first-order chi connectivity index (χ1) is 15.4. The molecule has 0 atom stereocenters. The number of piperidine rings is 1. The monoisotopic (exact) mass is 455 g/mol. The molecule has 2 aliphatic rings. The number of fused-ring (bicyclic) bond motifs is 1. The van der Waals surface area contributed by atoms with Gasteiger partial charge in [-0.2, -0.15) is 0 Å². The third-order valence-electron chi connectivity index (χ3n) is 6.91. The van der Waals surface area contributed by atoms with Gasteiger partial charge in [0.05, 0.1) is 22.8 Å². The summed E-state index contributed by atoms with van der Waals surface area (Å²) < 4.78 is 19.6. The third kappa shape index (κ3) is 4.19. The van der Waals surface area contributed by atoms with E-state index in [0.717, 1.165) is 10.9 Å². The fourth-order valence-corrected chi connectivity index (χ4v) is 5.21. The van der Waals surface area contributed by atoms with E-state index in [0.29, 0.717) is 40.9 Å². The van der Waals surface area contributed by atoms with Gasteiger partial charge in [0.2, 0.25) is 0 Å². The molecule has 1 saturated carbocycles. The van der Waals surface area contributed by atoms with Gasteiger partial charge in [-0.25, -0.2) is 14.4 Å². The maximum Gasteiger partial charge on any atom is 0.144 e. The van der Waals surface area contributed by atoms with Crippen molar-refractivity contribution < 1.29 is 9.13 Å². The summed E-state index contributed by atoms with van der Waals surface area (Å²) in [6.07, 6.45) is 6.55. The van der Waals surface area contributed by atoms with E-state index in [1.165, 1.54) is 57.2 Å². The zero-order valence-corrected chi connectivity index (χ0v) is 18.8. The zero-order valence-electron chi connectivity index (χ0n) is 18.1. The molecule has 32 heavy (non-hydrogen) atoms. The maximum atomic E-state index is 13.4. The lowest BCUT2D eigenvalue weighted by atomic mass is 9.58. The van der Waals surface area contributed by atoms with Gasteiger partial charge in [0.15, 0.2) is 0 Å². The van der Waals surface area contributed by atoms with Gasteiger partial charge in [-0.05, 0) is 81.4 Å². The Morgan fingerprint density at radius 3 is 2.75 bits per heavy atom. The van der Waals surface area contributed by atoms with Gasteiger partial charge < -0.3 is 20.7 Å². The van der Waals surface area contributed by atoms with Gasteiger partial charge >= 0.3 is 0 Å². The van der Waals surface area contributed by atoms with Crippen LogP contribution in [0.3, 0.4) is 0 Å². The lowest BCUT2D eigenvalue weighted by Gasteiger charge is -2.51. The number of nitrogen functional groups attached to an aromatic ring is 1. The lowest BCUT2D eigenvalue weighted by Crippen LogP contribution is -2.47. The second-order valence-electron chi connectivity index (χ2n) is 9.27. The molecule has 5 rings (SSSR count). The first kappa shape index (κ1) is 21.2. The first-order valence-electron chi connectivity index (χ1n) is 11.0. The molecule has 1 aromatic heterocycles. The molecule has 3 N–H and O–H groups in total. The Bertz CT molecular complexity index is 1140. The Morgan fingerprint density at radius 2 is 2.00 bits per heavy atom. The average Bonchev–Trinajstić information content (AvgIpc) is 2.75. The largest absolute Gasteiger partial charge is 0.491 e. The number of nitrogens with zero attached hydrogens (tertiary/aromatic N) is 3. The number of nitrogens with two attached hydrogens (primary N) is 1. The Hall–Kier alpha value is -2.64. The summed E-state index contributed by atoms with van der Waals surface area (Å²) >= 11 is 5.89. The van der Waals surface area contributed by atoms with Crippen molar-refractivity contribution in [2.45, 2.75) is 25.7 Å². The van der Waals surface area contributed by atoms with Crippen LogP contribution in [-0.2, 0) is 0 Å². The summed E-state index contributed by atoms with van der Waals surface area (Å²) in [7, 11) is 2.20. The number of ether oxygens (including phenoxy) is 1. The van der Waals surface area contributed by atoms with E-state index in [1.807, 2.05) is 12.1 Å². The van der Waals surface area contributed by atoms with Crippen molar-refractivity contribution in [1.29, 1.82) is 0 Å². The molecule has 168 valence electrons. The quantitative estimate of drug-likeness (QED) is 0.512. The van der Waals surface area contributed by atoms with Gasteiger partial charge in [-0.15, -0.1) is 0 Å². The van der Waals surface area contributed by atoms with Crippen LogP contribution in [0.5, 0.6) is 5.75 Å². The Morgan fingerprint density at radius 1 is 1.22 bits per heavy atom. The van der Waals surface area contributed by atoms with Crippen LogP contribution >= 0.6 is 11.6 Å². The fraction of sp³-hybridized carbons (Fsp3) is 0.417. The molecule has 6 nitrogen and oxygen atoms in total. The number of aromatic nitrogens is 2. The smallest absolute Gasteiger partial charge is 0.144 e. The number of rotatable bonds is 5. The summed E-state index contributed by atoms with van der Waals surface area (Å²) in [5, 5.41) is 3.96. The van der Waals surface area contributed by atoms with Crippen LogP contribution in [0.1, 0.15) is 25.7 Å². The van der Waals surface area contributed by atoms with Crippen LogP contribution in [0.4, 0.5) is 21.6 Å². The van der Waals surface area contributed by atoms with Gasteiger partial charge in [-0.1, -0.05) is 11.6 Å². The molecule has 0 bridgehead atoms. The van der Waals surface area contributed by atoms with E-state index >= 15 is 0 Å². The van der Waals surface area contributed by atoms with Gasteiger partial charge in [-0.3, -0.25) is 0 Å². The Balaban J connectivity index is 1.27. The van der Waals surface area contributed by atoms with Crippen molar-refractivity contribution in [2.24, 2.45) is 11.3 Å². The van der Waals surface area contributed by atoms with Crippen LogP contribution in [0.2, 0.25) is 5.02 Å². The van der Waals surface area contributed by atoms with Gasteiger partial charge in [0, 0.05) is 17.1 Å².